The summed E-state index contributed by atoms with van der Waals surface area (Å²) in [6.45, 7) is 5.06. The molecule has 0 saturated carbocycles. The Labute approximate surface area is 93.2 Å². The molecule has 0 saturated heterocycles. The van der Waals surface area contributed by atoms with E-state index in [0.717, 1.165) is 0 Å². The van der Waals surface area contributed by atoms with Crippen LogP contribution in [0, 0.1) is 0 Å². The molecule has 0 aromatic carbocycles. The second-order valence-electron chi connectivity index (χ2n) is 2.80. The van der Waals surface area contributed by atoms with E-state index in [-0.39, 0.29) is 18.4 Å². The zero-order valence-electron chi connectivity index (χ0n) is 8.68. The molecule has 0 aliphatic heterocycles. The molecular weight excluding hydrogens is 248 g/mol. The molecule has 0 aromatic rings. The van der Waals surface area contributed by atoms with Crippen molar-refractivity contribution in [2.45, 2.75) is 20.3 Å². The van der Waals surface area contributed by atoms with Crippen molar-refractivity contribution in [3.05, 3.63) is 0 Å². The Hall–Kier alpha value is -0.580. The Morgan fingerprint density at radius 3 is 2.43 bits per heavy atom. The average Bonchev–Trinajstić information content (AvgIpc) is 2.15. The maximum Gasteiger partial charge on any atom is 0.239 e. The number of nitrogens with zero attached hydrogens (tertiary/aromatic N) is 1. The second kappa shape index (κ2) is 7.79. The van der Waals surface area contributed by atoms with Gasteiger partial charge < -0.3 is 10.2 Å². The van der Waals surface area contributed by atoms with Gasteiger partial charge >= 0.3 is 0 Å². The molecule has 5 heteroatoms. The molecule has 0 rings (SSSR count). The molecule has 14 heavy (non-hydrogen) atoms. The molecule has 2 amide bonds. The molecular formula is C9H17BrN2O2. The first-order chi connectivity index (χ1) is 6.65. The molecule has 4 nitrogen and oxygen atoms in total. The fourth-order valence-electron chi connectivity index (χ4n) is 1.04. The third-order valence-electron chi connectivity index (χ3n) is 1.75. The molecule has 0 aliphatic carbocycles. The van der Waals surface area contributed by atoms with Crippen molar-refractivity contribution in [1.29, 1.82) is 0 Å². The molecule has 0 fully saturated rings. The standard InChI is InChI=1S/C9H17BrN2O2/c1-3-11-8(13)7-12(4-2)9(14)5-6-10/h3-7H2,1-2H3,(H,11,13). The van der Waals surface area contributed by atoms with Crippen LogP contribution in [0.4, 0.5) is 0 Å². The summed E-state index contributed by atoms with van der Waals surface area (Å²) < 4.78 is 0. The summed E-state index contributed by atoms with van der Waals surface area (Å²) in [4.78, 5) is 24.2. The predicted molar refractivity (Wildman–Crippen MR) is 59.3 cm³/mol. The van der Waals surface area contributed by atoms with Crippen molar-refractivity contribution < 1.29 is 9.59 Å². The average molecular weight is 265 g/mol. The van der Waals surface area contributed by atoms with Gasteiger partial charge in [-0.1, -0.05) is 15.9 Å². The number of nitrogens with one attached hydrogen (secondary N) is 1. The van der Waals surface area contributed by atoms with Gasteiger partial charge in [-0.05, 0) is 13.8 Å². The van der Waals surface area contributed by atoms with Gasteiger partial charge in [0.15, 0.2) is 0 Å². The minimum absolute atomic E-state index is 0.00984. The summed E-state index contributed by atoms with van der Waals surface area (Å²) in [5, 5.41) is 3.30. The highest BCUT2D eigenvalue weighted by Crippen LogP contribution is 1.96. The Morgan fingerprint density at radius 1 is 1.36 bits per heavy atom. The van der Waals surface area contributed by atoms with E-state index in [1.807, 2.05) is 13.8 Å². The van der Waals surface area contributed by atoms with Gasteiger partial charge in [0.2, 0.25) is 11.8 Å². The van der Waals surface area contributed by atoms with E-state index in [4.69, 9.17) is 0 Å². The lowest BCUT2D eigenvalue weighted by atomic mass is 10.3. The lowest BCUT2D eigenvalue weighted by Gasteiger charge is -2.19. The van der Waals surface area contributed by atoms with Gasteiger partial charge in [-0.15, -0.1) is 0 Å². The molecule has 0 unspecified atom stereocenters. The number of amides is 2. The van der Waals surface area contributed by atoms with E-state index in [1.54, 1.807) is 4.90 Å². The monoisotopic (exact) mass is 264 g/mol. The van der Waals surface area contributed by atoms with Crippen LogP contribution in [0.1, 0.15) is 20.3 Å². The van der Waals surface area contributed by atoms with Gasteiger partial charge in [0.1, 0.15) is 0 Å². The van der Waals surface area contributed by atoms with E-state index in [0.29, 0.717) is 24.8 Å². The molecule has 0 atom stereocenters. The predicted octanol–water partition coefficient (Wildman–Crippen LogP) is 0.756. The quantitative estimate of drug-likeness (QED) is 0.721. The first-order valence-corrected chi connectivity index (χ1v) is 5.88. The van der Waals surface area contributed by atoms with Crippen LogP contribution in [0.3, 0.4) is 0 Å². The van der Waals surface area contributed by atoms with E-state index < -0.39 is 0 Å². The molecule has 0 spiro atoms. The van der Waals surface area contributed by atoms with Gasteiger partial charge in [0.05, 0.1) is 6.54 Å². The number of halogens is 1. The van der Waals surface area contributed by atoms with Crippen LogP contribution >= 0.6 is 15.9 Å². The highest BCUT2D eigenvalue weighted by atomic mass is 79.9. The number of hydrogen-bond donors (Lipinski definition) is 1. The van der Waals surface area contributed by atoms with E-state index in [2.05, 4.69) is 21.2 Å². The Bertz CT molecular complexity index is 197. The van der Waals surface area contributed by atoms with E-state index in [1.165, 1.54) is 0 Å². The van der Waals surface area contributed by atoms with Crippen LogP contribution in [0.2, 0.25) is 0 Å². The Kier molecular flexibility index (Phi) is 7.47. The van der Waals surface area contributed by atoms with E-state index in [9.17, 15) is 9.59 Å². The number of carbonyl (C=O) groups is 2. The molecule has 0 bridgehead atoms. The fourth-order valence-corrected chi connectivity index (χ4v) is 1.38. The Balaban J connectivity index is 4.01. The number of carbonyl (C=O) groups excluding carboxylic acids is 2. The van der Waals surface area contributed by atoms with Crippen molar-refractivity contribution in [2.75, 3.05) is 25.0 Å². The van der Waals surface area contributed by atoms with Crippen molar-refractivity contribution in [3.8, 4) is 0 Å². The first-order valence-electron chi connectivity index (χ1n) is 4.76. The summed E-state index contributed by atoms with van der Waals surface area (Å²) in [7, 11) is 0. The van der Waals surface area contributed by atoms with Gasteiger partial charge in [0, 0.05) is 24.8 Å². The van der Waals surface area contributed by atoms with Crippen molar-refractivity contribution in [3.63, 3.8) is 0 Å². The minimum Gasteiger partial charge on any atom is -0.355 e. The molecule has 0 aliphatic rings. The third kappa shape index (κ3) is 5.21. The number of hydrogen-bond acceptors (Lipinski definition) is 2. The zero-order valence-corrected chi connectivity index (χ0v) is 10.3. The summed E-state index contributed by atoms with van der Waals surface area (Å²) in [5.74, 6) is -0.0899. The summed E-state index contributed by atoms with van der Waals surface area (Å²) in [6.07, 6.45) is 0.438. The van der Waals surface area contributed by atoms with Crippen molar-refractivity contribution in [1.82, 2.24) is 10.2 Å². The lowest BCUT2D eigenvalue weighted by molar-refractivity contribution is -0.135. The largest absolute Gasteiger partial charge is 0.355 e. The smallest absolute Gasteiger partial charge is 0.239 e. The fraction of sp³-hybridized carbons (Fsp3) is 0.778. The van der Waals surface area contributed by atoms with Crippen LogP contribution in [0.5, 0.6) is 0 Å². The van der Waals surface area contributed by atoms with Gasteiger partial charge in [-0.2, -0.15) is 0 Å². The maximum atomic E-state index is 11.4. The zero-order chi connectivity index (χ0) is 11.0. The topological polar surface area (TPSA) is 49.4 Å². The van der Waals surface area contributed by atoms with E-state index >= 15 is 0 Å². The van der Waals surface area contributed by atoms with Crippen LogP contribution < -0.4 is 5.32 Å². The SMILES string of the molecule is CCNC(=O)CN(CC)C(=O)CCBr. The summed E-state index contributed by atoms with van der Waals surface area (Å²) >= 11 is 3.20. The highest BCUT2D eigenvalue weighted by Gasteiger charge is 2.13. The summed E-state index contributed by atoms with van der Waals surface area (Å²) in [6, 6.07) is 0. The van der Waals surface area contributed by atoms with Gasteiger partial charge in [0.25, 0.3) is 0 Å². The van der Waals surface area contributed by atoms with Crippen LogP contribution in [-0.4, -0.2) is 41.7 Å². The van der Waals surface area contributed by atoms with Crippen molar-refractivity contribution >= 4 is 27.7 Å². The molecule has 0 heterocycles. The lowest BCUT2D eigenvalue weighted by Crippen LogP contribution is -2.40. The number of alkyl halides is 1. The molecule has 82 valence electrons. The second-order valence-corrected chi connectivity index (χ2v) is 3.59. The minimum atomic E-state index is -0.0997. The number of likely N-dealkylation sites (N-methyl/N-ethyl adjacent to an activating group) is 2. The van der Waals surface area contributed by atoms with Crippen molar-refractivity contribution in [2.24, 2.45) is 0 Å². The van der Waals surface area contributed by atoms with Gasteiger partial charge in [-0.3, -0.25) is 9.59 Å². The normalized spacial score (nSPS) is 9.64. The number of rotatable bonds is 6. The highest BCUT2D eigenvalue weighted by molar-refractivity contribution is 9.09. The molecule has 0 radical (unpaired) electrons. The molecule has 1 N–H and O–H groups in total. The van der Waals surface area contributed by atoms with Gasteiger partial charge in [-0.25, -0.2) is 0 Å². The third-order valence-corrected chi connectivity index (χ3v) is 2.15. The Morgan fingerprint density at radius 2 is 2.00 bits per heavy atom. The summed E-state index contributed by atoms with van der Waals surface area (Å²) in [5.41, 5.74) is 0. The maximum absolute atomic E-state index is 11.4. The van der Waals surface area contributed by atoms with Crippen LogP contribution in [0.25, 0.3) is 0 Å². The molecule has 0 aromatic heterocycles. The van der Waals surface area contributed by atoms with Crippen LogP contribution in [0.15, 0.2) is 0 Å². The first kappa shape index (κ1) is 13.4. The van der Waals surface area contributed by atoms with Crippen LogP contribution in [-0.2, 0) is 9.59 Å².